The molecule has 1 aromatic rings. The minimum absolute atomic E-state index is 0.253. The van der Waals surface area contributed by atoms with Crippen molar-refractivity contribution in [1.82, 2.24) is 10.3 Å². The summed E-state index contributed by atoms with van der Waals surface area (Å²) in [6.07, 6.45) is 0. The number of hydrazine groups is 1. The first kappa shape index (κ1) is 10.5. The van der Waals surface area contributed by atoms with Crippen LogP contribution in [0.4, 0.5) is 4.79 Å². The maximum Gasteiger partial charge on any atom is 0.331 e. The van der Waals surface area contributed by atoms with E-state index >= 15 is 0 Å². The minimum Gasteiger partial charge on any atom is -0.337 e. The van der Waals surface area contributed by atoms with Crippen LogP contribution in [0.15, 0.2) is 30.3 Å². The molecule has 2 amide bonds. The van der Waals surface area contributed by atoms with E-state index in [1.165, 1.54) is 5.01 Å². The number of urea groups is 1. The number of rotatable bonds is 3. The Labute approximate surface area is 83.7 Å². The van der Waals surface area contributed by atoms with Gasteiger partial charge in [0.05, 0.1) is 6.54 Å². The van der Waals surface area contributed by atoms with Gasteiger partial charge in [-0.1, -0.05) is 30.3 Å². The Hall–Kier alpha value is -1.55. The van der Waals surface area contributed by atoms with Gasteiger partial charge in [-0.25, -0.2) is 10.6 Å². The summed E-state index contributed by atoms with van der Waals surface area (Å²) >= 11 is 0. The van der Waals surface area contributed by atoms with Gasteiger partial charge >= 0.3 is 6.03 Å². The first-order valence-corrected chi connectivity index (χ1v) is 4.58. The molecule has 0 aliphatic carbocycles. The highest BCUT2D eigenvalue weighted by Crippen LogP contribution is 2.00. The van der Waals surface area contributed by atoms with Gasteiger partial charge in [-0.05, 0) is 12.5 Å². The third kappa shape index (κ3) is 3.06. The molecule has 0 aromatic heterocycles. The van der Waals surface area contributed by atoms with E-state index in [9.17, 15) is 4.79 Å². The molecule has 0 fully saturated rings. The highest BCUT2D eigenvalue weighted by molar-refractivity contribution is 5.73. The molecule has 0 radical (unpaired) electrons. The minimum atomic E-state index is -0.253. The number of nitrogens with zero attached hydrogens (tertiary/aromatic N) is 1. The molecule has 1 aromatic carbocycles. The maximum absolute atomic E-state index is 11.2. The van der Waals surface area contributed by atoms with E-state index in [1.54, 1.807) is 0 Å². The monoisotopic (exact) mass is 193 g/mol. The fourth-order valence-electron chi connectivity index (χ4n) is 1.10. The fourth-order valence-corrected chi connectivity index (χ4v) is 1.10. The van der Waals surface area contributed by atoms with E-state index in [0.717, 1.165) is 5.56 Å². The second kappa shape index (κ2) is 5.24. The molecule has 4 nitrogen and oxygen atoms in total. The Morgan fingerprint density at radius 3 is 2.64 bits per heavy atom. The maximum atomic E-state index is 11.2. The Balaban J connectivity index is 2.49. The number of hydrogen-bond donors (Lipinski definition) is 2. The molecule has 76 valence electrons. The van der Waals surface area contributed by atoms with Crippen LogP contribution in [-0.4, -0.2) is 17.6 Å². The van der Waals surface area contributed by atoms with Crippen molar-refractivity contribution in [3.05, 3.63) is 35.9 Å². The average molecular weight is 193 g/mol. The lowest BCUT2D eigenvalue weighted by molar-refractivity contribution is 0.197. The van der Waals surface area contributed by atoms with Gasteiger partial charge in [-0.15, -0.1) is 0 Å². The molecule has 14 heavy (non-hydrogen) atoms. The van der Waals surface area contributed by atoms with Gasteiger partial charge in [0.2, 0.25) is 0 Å². The first-order valence-electron chi connectivity index (χ1n) is 4.58. The molecular weight excluding hydrogens is 178 g/mol. The molecule has 0 saturated heterocycles. The summed E-state index contributed by atoms with van der Waals surface area (Å²) in [6.45, 7) is 2.86. The van der Waals surface area contributed by atoms with Crippen LogP contribution < -0.4 is 11.2 Å². The summed E-state index contributed by atoms with van der Waals surface area (Å²) in [5, 5.41) is 3.79. The molecule has 0 unspecified atom stereocenters. The molecular formula is C10H15N3O. The summed E-state index contributed by atoms with van der Waals surface area (Å²) < 4.78 is 0. The van der Waals surface area contributed by atoms with Crippen LogP contribution in [0.2, 0.25) is 0 Å². The molecule has 0 saturated carbocycles. The number of carbonyl (C=O) groups is 1. The average Bonchev–Trinajstić information content (AvgIpc) is 2.19. The van der Waals surface area contributed by atoms with E-state index in [0.29, 0.717) is 13.1 Å². The van der Waals surface area contributed by atoms with Gasteiger partial charge in [0.25, 0.3) is 0 Å². The van der Waals surface area contributed by atoms with Gasteiger partial charge in [0.15, 0.2) is 0 Å². The van der Waals surface area contributed by atoms with Crippen molar-refractivity contribution in [1.29, 1.82) is 0 Å². The van der Waals surface area contributed by atoms with Crippen molar-refractivity contribution in [3.63, 3.8) is 0 Å². The Morgan fingerprint density at radius 1 is 1.43 bits per heavy atom. The molecule has 4 heteroatoms. The Bertz CT molecular complexity index is 287. The summed E-state index contributed by atoms with van der Waals surface area (Å²) in [7, 11) is 0. The summed E-state index contributed by atoms with van der Waals surface area (Å²) in [4.78, 5) is 11.2. The lowest BCUT2D eigenvalue weighted by Gasteiger charge is -2.16. The molecule has 3 N–H and O–H groups in total. The molecule has 0 atom stereocenters. The predicted octanol–water partition coefficient (Wildman–Crippen LogP) is 1.09. The molecule has 0 aliphatic rings. The summed E-state index contributed by atoms with van der Waals surface area (Å²) in [5.41, 5.74) is 1.02. The lowest BCUT2D eigenvalue weighted by Crippen LogP contribution is -2.43. The number of amides is 2. The van der Waals surface area contributed by atoms with Gasteiger partial charge in [-0.3, -0.25) is 5.01 Å². The van der Waals surface area contributed by atoms with E-state index in [2.05, 4.69) is 5.32 Å². The number of hydrogen-bond acceptors (Lipinski definition) is 2. The molecule has 1 rings (SSSR count). The van der Waals surface area contributed by atoms with Crippen molar-refractivity contribution in [2.24, 2.45) is 5.84 Å². The van der Waals surface area contributed by atoms with Crippen molar-refractivity contribution in [2.45, 2.75) is 13.5 Å². The summed E-state index contributed by atoms with van der Waals surface area (Å²) in [5.74, 6) is 5.56. The zero-order valence-corrected chi connectivity index (χ0v) is 8.23. The number of nitrogens with one attached hydrogen (secondary N) is 1. The SMILES string of the molecule is CCNC(=O)N(N)Cc1ccccc1. The van der Waals surface area contributed by atoms with Gasteiger partial charge < -0.3 is 5.32 Å². The standard InChI is InChI=1S/C10H15N3O/c1-2-12-10(14)13(11)8-9-6-4-3-5-7-9/h3-7H,2,8,11H2,1H3,(H,12,14). The van der Waals surface area contributed by atoms with E-state index < -0.39 is 0 Å². The quantitative estimate of drug-likeness (QED) is 0.429. The van der Waals surface area contributed by atoms with Crippen molar-refractivity contribution in [2.75, 3.05) is 6.54 Å². The smallest absolute Gasteiger partial charge is 0.331 e. The third-order valence-corrected chi connectivity index (χ3v) is 1.78. The normalized spacial score (nSPS) is 9.57. The number of nitrogens with two attached hydrogens (primary N) is 1. The van der Waals surface area contributed by atoms with Crippen LogP contribution in [0.3, 0.4) is 0 Å². The van der Waals surface area contributed by atoms with E-state index in [1.807, 2.05) is 37.3 Å². The van der Waals surface area contributed by atoms with Crippen molar-refractivity contribution < 1.29 is 4.79 Å². The van der Waals surface area contributed by atoms with Gasteiger partial charge in [0.1, 0.15) is 0 Å². The van der Waals surface area contributed by atoms with Crippen LogP contribution in [0.1, 0.15) is 12.5 Å². The molecule has 0 spiro atoms. The highest BCUT2D eigenvalue weighted by atomic mass is 16.2. The Kier molecular flexibility index (Phi) is 3.94. The van der Waals surface area contributed by atoms with E-state index in [-0.39, 0.29) is 6.03 Å². The van der Waals surface area contributed by atoms with Crippen LogP contribution in [0, 0.1) is 0 Å². The Morgan fingerprint density at radius 2 is 2.07 bits per heavy atom. The lowest BCUT2D eigenvalue weighted by atomic mass is 10.2. The van der Waals surface area contributed by atoms with Gasteiger partial charge in [-0.2, -0.15) is 0 Å². The van der Waals surface area contributed by atoms with Crippen molar-refractivity contribution >= 4 is 6.03 Å². The topological polar surface area (TPSA) is 58.4 Å². The largest absolute Gasteiger partial charge is 0.337 e. The van der Waals surface area contributed by atoms with Crippen LogP contribution in [-0.2, 0) is 6.54 Å². The zero-order valence-electron chi connectivity index (χ0n) is 8.23. The van der Waals surface area contributed by atoms with Crippen LogP contribution in [0.25, 0.3) is 0 Å². The second-order valence-corrected chi connectivity index (χ2v) is 2.95. The number of benzene rings is 1. The zero-order chi connectivity index (χ0) is 10.4. The predicted molar refractivity (Wildman–Crippen MR) is 55.2 cm³/mol. The van der Waals surface area contributed by atoms with E-state index in [4.69, 9.17) is 5.84 Å². The molecule has 0 heterocycles. The second-order valence-electron chi connectivity index (χ2n) is 2.95. The highest BCUT2D eigenvalue weighted by Gasteiger charge is 2.07. The van der Waals surface area contributed by atoms with Crippen molar-refractivity contribution in [3.8, 4) is 0 Å². The third-order valence-electron chi connectivity index (χ3n) is 1.78. The molecule has 0 aliphatic heterocycles. The van der Waals surface area contributed by atoms with Crippen LogP contribution in [0.5, 0.6) is 0 Å². The van der Waals surface area contributed by atoms with Crippen LogP contribution >= 0.6 is 0 Å². The molecule has 0 bridgehead atoms. The van der Waals surface area contributed by atoms with Gasteiger partial charge in [0, 0.05) is 6.54 Å². The number of carbonyl (C=O) groups excluding carboxylic acids is 1. The first-order chi connectivity index (χ1) is 6.74. The summed E-state index contributed by atoms with van der Waals surface area (Å²) in [6, 6.07) is 9.37. The fraction of sp³-hybridized carbons (Fsp3) is 0.300.